The van der Waals surface area contributed by atoms with Gasteiger partial charge in [0.15, 0.2) is 0 Å². The predicted molar refractivity (Wildman–Crippen MR) is 66.0 cm³/mol. The van der Waals surface area contributed by atoms with Crippen molar-refractivity contribution in [2.24, 2.45) is 0 Å². The molecule has 5 heteroatoms. The number of nitrogens with one attached hydrogen (secondary N) is 1. The van der Waals surface area contributed by atoms with Gasteiger partial charge in [0.1, 0.15) is 5.75 Å². The van der Waals surface area contributed by atoms with E-state index in [1.54, 1.807) is 19.2 Å². The molecule has 2 rings (SSSR count). The van der Waals surface area contributed by atoms with Crippen LogP contribution in [0.15, 0.2) is 12.1 Å². The Morgan fingerprint density at radius 1 is 1.41 bits per heavy atom. The Morgan fingerprint density at radius 2 is 2.12 bits per heavy atom. The van der Waals surface area contributed by atoms with E-state index < -0.39 is 5.97 Å². The maximum Gasteiger partial charge on any atom is 0.338 e. The van der Waals surface area contributed by atoms with Crippen LogP contribution in [-0.2, 0) is 4.74 Å². The van der Waals surface area contributed by atoms with Crippen molar-refractivity contribution in [3.8, 4) is 5.75 Å². The Morgan fingerprint density at radius 3 is 2.65 bits per heavy atom. The minimum Gasteiger partial charge on any atom is -0.495 e. The molecule has 92 valence electrons. The van der Waals surface area contributed by atoms with Crippen LogP contribution in [0.5, 0.6) is 5.75 Å². The molecule has 0 bridgehead atoms. The van der Waals surface area contributed by atoms with Gasteiger partial charge in [0.25, 0.3) is 0 Å². The molecule has 1 aromatic carbocycles. The van der Waals surface area contributed by atoms with E-state index in [0.717, 1.165) is 18.5 Å². The minimum atomic E-state index is -0.428. The van der Waals surface area contributed by atoms with Gasteiger partial charge in [-0.2, -0.15) is 0 Å². The van der Waals surface area contributed by atoms with Crippen molar-refractivity contribution in [3.63, 3.8) is 0 Å². The molecule has 1 fully saturated rings. The molecule has 0 amide bonds. The zero-order valence-corrected chi connectivity index (χ0v) is 10.5. The molecule has 0 saturated heterocycles. The average molecular weight is 256 g/mol. The number of methoxy groups -OCH3 is 2. The van der Waals surface area contributed by atoms with E-state index in [1.807, 2.05) is 0 Å². The van der Waals surface area contributed by atoms with E-state index in [2.05, 4.69) is 10.1 Å². The van der Waals surface area contributed by atoms with Crippen molar-refractivity contribution in [2.75, 3.05) is 19.5 Å². The molecule has 17 heavy (non-hydrogen) atoms. The van der Waals surface area contributed by atoms with Crippen LogP contribution in [0, 0.1) is 0 Å². The zero-order chi connectivity index (χ0) is 12.4. The van der Waals surface area contributed by atoms with Gasteiger partial charge >= 0.3 is 5.97 Å². The quantitative estimate of drug-likeness (QED) is 0.841. The van der Waals surface area contributed by atoms with E-state index >= 15 is 0 Å². The van der Waals surface area contributed by atoms with Gasteiger partial charge in [-0.25, -0.2) is 4.79 Å². The zero-order valence-electron chi connectivity index (χ0n) is 9.75. The summed E-state index contributed by atoms with van der Waals surface area (Å²) in [5, 5.41) is 3.75. The molecule has 0 aliphatic heterocycles. The van der Waals surface area contributed by atoms with Crippen LogP contribution in [0.4, 0.5) is 5.69 Å². The Bertz CT molecular complexity index is 444. The fourth-order valence-corrected chi connectivity index (χ4v) is 1.82. The highest BCUT2D eigenvalue weighted by Gasteiger charge is 2.24. The molecule has 0 unspecified atom stereocenters. The van der Waals surface area contributed by atoms with Crippen LogP contribution in [0.3, 0.4) is 0 Å². The van der Waals surface area contributed by atoms with E-state index in [9.17, 15) is 4.79 Å². The summed E-state index contributed by atoms with van der Waals surface area (Å²) < 4.78 is 9.89. The fraction of sp³-hybridized carbons (Fsp3) is 0.417. The van der Waals surface area contributed by atoms with Crippen molar-refractivity contribution in [2.45, 2.75) is 18.9 Å². The maximum atomic E-state index is 11.4. The number of anilines is 1. The van der Waals surface area contributed by atoms with Crippen molar-refractivity contribution in [3.05, 3.63) is 22.7 Å². The molecule has 0 spiro atoms. The van der Waals surface area contributed by atoms with Gasteiger partial charge < -0.3 is 14.8 Å². The summed E-state index contributed by atoms with van der Waals surface area (Å²) in [6, 6.07) is 3.67. The second-order valence-corrected chi connectivity index (χ2v) is 4.35. The predicted octanol–water partition coefficient (Wildman–Crippen LogP) is 2.71. The Labute approximate surface area is 105 Å². The van der Waals surface area contributed by atoms with Crippen LogP contribution in [-0.4, -0.2) is 26.2 Å². The SMILES string of the molecule is COC(=O)c1cc(Cl)c(NC2CC2)c(OC)c1. The lowest BCUT2D eigenvalue weighted by atomic mass is 10.2. The number of esters is 1. The molecule has 1 aromatic rings. The number of rotatable bonds is 4. The number of hydrogen-bond acceptors (Lipinski definition) is 4. The lowest BCUT2D eigenvalue weighted by Gasteiger charge is -2.13. The number of halogens is 1. The standard InChI is InChI=1S/C12H14ClNO3/c1-16-10-6-7(12(15)17-2)5-9(13)11(10)14-8-3-4-8/h5-6,8,14H,3-4H2,1-2H3. The number of benzene rings is 1. The van der Waals surface area contributed by atoms with E-state index in [4.69, 9.17) is 16.3 Å². The smallest absolute Gasteiger partial charge is 0.338 e. The number of carbonyl (C=O) groups excluding carboxylic acids is 1. The summed E-state index contributed by atoms with van der Waals surface area (Å²) in [5.41, 5.74) is 1.13. The third-order valence-corrected chi connectivity index (χ3v) is 2.92. The average Bonchev–Trinajstić information content (AvgIpc) is 3.14. The van der Waals surface area contributed by atoms with E-state index in [1.165, 1.54) is 7.11 Å². The second kappa shape index (κ2) is 4.84. The molecule has 1 aliphatic carbocycles. The molecule has 0 aromatic heterocycles. The lowest BCUT2D eigenvalue weighted by molar-refractivity contribution is 0.0600. The first kappa shape index (κ1) is 12.0. The monoisotopic (exact) mass is 255 g/mol. The molecule has 0 radical (unpaired) electrons. The third-order valence-electron chi connectivity index (χ3n) is 2.62. The van der Waals surface area contributed by atoms with Gasteiger partial charge in [-0.15, -0.1) is 0 Å². The van der Waals surface area contributed by atoms with E-state index in [0.29, 0.717) is 22.4 Å². The van der Waals surface area contributed by atoms with E-state index in [-0.39, 0.29) is 0 Å². The molecule has 4 nitrogen and oxygen atoms in total. The number of ether oxygens (including phenoxy) is 2. The first-order chi connectivity index (χ1) is 8.15. The second-order valence-electron chi connectivity index (χ2n) is 3.95. The Balaban J connectivity index is 2.35. The van der Waals surface area contributed by atoms with Crippen molar-refractivity contribution < 1.29 is 14.3 Å². The summed E-state index contributed by atoms with van der Waals surface area (Å²) in [6.45, 7) is 0. The summed E-state index contributed by atoms with van der Waals surface area (Å²) in [7, 11) is 2.88. The Hall–Kier alpha value is -1.42. The highest BCUT2D eigenvalue weighted by molar-refractivity contribution is 6.34. The normalized spacial score (nSPS) is 14.3. The topological polar surface area (TPSA) is 47.6 Å². The van der Waals surface area contributed by atoms with Crippen LogP contribution < -0.4 is 10.1 Å². The van der Waals surface area contributed by atoms with Crippen LogP contribution in [0.1, 0.15) is 23.2 Å². The van der Waals surface area contributed by atoms with Crippen LogP contribution in [0.2, 0.25) is 5.02 Å². The molecular weight excluding hydrogens is 242 g/mol. The highest BCUT2D eigenvalue weighted by atomic mass is 35.5. The van der Waals surface area contributed by atoms with Crippen molar-refractivity contribution in [1.82, 2.24) is 0 Å². The van der Waals surface area contributed by atoms with Crippen LogP contribution in [0.25, 0.3) is 0 Å². The Kier molecular flexibility index (Phi) is 3.43. The summed E-state index contributed by atoms with van der Waals surface area (Å²) in [5.74, 6) is 0.132. The molecule has 0 atom stereocenters. The van der Waals surface area contributed by atoms with Gasteiger partial charge in [-0.3, -0.25) is 0 Å². The third kappa shape index (κ3) is 2.64. The summed E-state index contributed by atoms with van der Waals surface area (Å²) in [4.78, 5) is 11.4. The molecule has 1 saturated carbocycles. The number of hydrogen-bond donors (Lipinski definition) is 1. The highest BCUT2D eigenvalue weighted by Crippen LogP contribution is 2.37. The van der Waals surface area contributed by atoms with Crippen molar-refractivity contribution >= 4 is 23.3 Å². The first-order valence-corrected chi connectivity index (χ1v) is 5.76. The van der Waals surface area contributed by atoms with Crippen molar-refractivity contribution in [1.29, 1.82) is 0 Å². The van der Waals surface area contributed by atoms with Gasteiger partial charge in [0.2, 0.25) is 0 Å². The lowest BCUT2D eigenvalue weighted by Crippen LogP contribution is -2.07. The largest absolute Gasteiger partial charge is 0.495 e. The molecule has 1 aliphatic rings. The summed E-state index contributed by atoms with van der Waals surface area (Å²) >= 11 is 6.14. The first-order valence-electron chi connectivity index (χ1n) is 5.38. The van der Waals surface area contributed by atoms with Gasteiger partial charge in [0.05, 0.1) is 30.5 Å². The number of carbonyl (C=O) groups is 1. The molecule has 0 heterocycles. The van der Waals surface area contributed by atoms with Gasteiger partial charge in [-0.1, -0.05) is 11.6 Å². The maximum absolute atomic E-state index is 11.4. The van der Waals surface area contributed by atoms with Crippen LogP contribution >= 0.6 is 11.6 Å². The fourth-order valence-electron chi connectivity index (χ4n) is 1.55. The van der Waals surface area contributed by atoms with Gasteiger partial charge in [-0.05, 0) is 25.0 Å². The molecule has 1 N–H and O–H groups in total. The summed E-state index contributed by atoms with van der Waals surface area (Å²) in [6.07, 6.45) is 2.27. The molecular formula is C12H14ClNO3. The minimum absolute atomic E-state index is 0.385. The van der Waals surface area contributed by atoms with Gasteiger partial charge in [0, 0.05) is 6.04 Å².